The summed E-state index contributed by atoms with van der Waals surface area (Å²) in [5.41, 5.74) is 11.5. The minimum Gasteiger partial charge on any atom is -0.390 e. The summed E-state index contributed by atoms with van der Waals surface area (Å²) in [5, 5.41) is 31.4. The second-order valence-corrected chi connectivity index (χ2v) is 10.4. The minimum atomic E-state index is -4.59. The van der Waals surface area contributed by atoms with E-state index in [1.165, 1.54) is 6.07 Å². The van der Waals surface area contributed by atoms with Crippen molar-refractivity contribution in [2.45, 2.75) is 47.2 Å². The number of benzene rings is 1. The number of nitrogens with two attached hydrogens (primary N) is 3. The molecule has 1 aliphatic carbocycles. The van der Waals surface area contributed by atoms with Gasteiger partial charge in [-0.15, -0.1) is 10.2 Å². The molecule has 172 valence electrons. The van der Waals surface area contributed by atoms with Crippen molar-refractivity contribution in [3.05, 3.63) is 12.1 Å². The lowest BCUT2D eigenvalue weighted by Crippen LogP contribution is -2.37. The lowest BCUT2D eigenvalue weighted by atomic mass is 10.1. The number of aromatic amines is 1. The van der Waals surface area contributed by atoms with Crippen LogP contribution in [0.4, 0.5) is 5.69 Å². The molecule has 14 nitrogen and oxygen atoms in total. The van der Waals surface area contributed by atoms with Crippen molar-refractivity contribution in [3.8, 4) is 11.4 Å². The molecule has 1 fully saturated rings. The number of hydrogen-bond donors (Lipinski definition) is 7. The molecule has 16 heteroatoms. The van der Waals surface area contributed by atoms with Crippen molar-refractivity contribution in [2.24, 2.45) is 16.6 Å². The Morgan fingerprint density at radius 2 is 2.00 bits per heavy atom. The molecule has 2 aromatic rings. The third kappa shape index (κ3) is 5.17. The number of aromatic nitrogens is 4. The van der Waals surface area contributed by atoms with E-state index in [2.05, 4.69) is 30.7 Å². The fourth-order valence-electron chi connectivity index (χ4n) is 3.40. The highest BCUT2D eigenvalue weighted by Gasteiger charge is 2.33. The molecule has 1 saturated carbocycles. The molecule has 0 aliphatic heterocycles. The van der Waals surface area contributed by atoms with Crippen molar-refractivity contribution in [2.75, 3.05) is 18.4 Å². The first kappa shape index (κ1) is 23.5. The lowest BCUT2D eigenvalue weighted by Gasteiger charge is -2.22. The van der Waals surface area contributed by atoms with Gasteiger partial charge in [-0.25, -0.2) is 26.7 Å². The number of nitrogens with zero attached hydrogens (tertiary/aromatic N) is 3. The summed E-state index contributed by atoms with van der Waals surface area (Å²) in [5.74, 6) is -0.169. The van der Waals surface area contributed by atoms with Gasteiger partial charge in [0, 0.05) is 30.9 Å². The molecule has 0 bridgehead atoms. The average Bonchev–Trinajstić information content (AvgIpc) is 3.37. The number of sulfonamides is 2. The number of primary sulfonamides is 1. The van der Waals surface area contributed by atoms with Crippen molar-refractivity contribution < 1.29 is 21.9 Å². The number of hydrogen-bond acceptors (Lipinski definition) is 11. The summed E-state index contributed by atoms with van der Waals surface area (Å²) in [6, 6.07) is 2.15. The maximum atomic E-state index is 12.9. The molecule has 10 N–H and O–H groups in total. The number of tetrazole rings is 1. The molecule has 0 saturated heterocycles. The topological polar surface area (TPSA) is 245 Å². The second kappa shape index (κ2) is 9.11. The van der Waals surface area contributed by atoms with E-state index in [0.29, 0.717) is 0 Å². The SMILES string of the molecule is NC[C@@H](O)CNS(=O)(=O)c1ccc(N[C@H]2CCC[C@H]2N)c(-c2nn[nH]n2)c1S(N)(=O)=O. The van der Waals surface area contributed by atoms with Gasteiger partial charge in [0.15, 0.2) is 0 Å². The lowest BCUT2D eigenvalue weighted by molar-refractivity contribution is 0.186. The Hall–Kier alpha value is -2.21. The Morgan fingerprint density at radius 1 is 1.26 bits per heavy atom. The highest BCUT2D eigenvalue weighted by atomic mass is 32.2. The Labute approximate surface area is 179 Å². The van der Waals surface area contributed by atoms with Crippen LogP contribution in [0.1, 0.15) is 19.3 Å². The number of aliphatic hydroxyl groups excluding tert-OH is 1. The molecule has 1 aromatic carbocycles. The van der Waals surface area contributed by atoms with Crippen molar-refractivity contribution >= 4 is 25.7 Å². The number of aliphatic hydroxyl groups is 1. The maximum absolute atomic E-state index is 12.9. The molecular formula is C15H25N9O5S2. The van der Waals surface area contributed by atoms with E-state index in [-0.39, 0.29) is 35.7 Å². The summed E-state index contributed by atoms with van der Waals surface area (Å²) < 4.78 is 52.9. The molecule has 0 unspecified atom stereocenters. The zero-order chi connectivity index (χ0) is 22.8. The van der Waals surface area contributed by atoms with E-state index in [4.69, 9.17) is 16.6 Å². The molecule has 1 aliphatic rings. The van der Waals surface area contributed by atoms with Crippen LogP contribution < -0.4 is 26.6 Å². The molecule has 1 heterocycles. The molecule has 0 amide bonds. The second-order valence-electron chi connectivity index (χ2n) is 7.18. The molecule has 3 atom stereocenters. The Balaban J connectivity index is 2.18. The van der Waals surface area contributed by atoms with Gasteiger partial charge < -0.3 is 21.9 Å². The average molecular weight is 476 g/mol. The van der Waals surface area contributed by atoms with Crippen LogP contribution in [0.2, 0.25) is 0 Å². The van der Waals surface area contributed by atoms with E-state index in [1.807, 2.05) is 0 Å². The number of anilines is 1. The van der Waals surface area contributed by atoms with Crippen molar-refractivity contribution in [3.63, 3.8) is 0 Å². The smallest absolute Gasteiger partial charge is 0.242 e. The Kier molecular flexibility index (Phi) is 6.89. The standard InChI is InChI=1S/C15H25N9O5S2/c16-6-8(25)7-19-31(28,29)12-5-4-11(20-10-3-1-2-9(10)17)13(14(12)30(18,26)27)15-21-23-24-22-15/h4-5,8-10,19-20,25H,1-3,6-7,16-17H2,(H2,18,26,27)(H,21,22,23,24)/t8-,9-,10+/m1/s1. The highest BCUT2D eigenvalue weighted by Crippen LogP contribution is 2.37. The zero-order valence-corrected chi connectivity index (χ0v) is 18.0. The minimum absolute atomic E-state index is 0.155. The summed E-state index contributed by atoms with van der Waals surface area (Å²) in [7, 11) is -9.00. The first-order valence-corrected chi connectivity index (χ1v) is 12.4. The third-order valence-electron chi connectivity index (χ3n) is 4.96. The van der Waals surface area contributed by atoms with Gasteiger partial charge in [-0.2, -0.15) is 5.21 Å². The summed E-state index contributed by atoms with van der Waals surface area (Å²) in [6.45, 7) is -0.611. The predicted octanol–water partition coefficient (Wildman–Crippen LogP) is -2.60. The summed E-state index contributed by atoms with van der Waals surface area (Å²) in [6.07, 6.45) is 1.26. The predicted molar refractivity (Wildman–Crippen MR) is 110 cm³/mol. The van der Waals surface area contributed by atoms with Gasteiger partial charge in [-0.05, 0) is 36.6 Å². The Morgan fingerprint density at radius 3 is 2.55 bits per heavy atom. The first-order chi connectivity index (χ1) is 14.5. The maximum Gasteiger partial charge on any atom is 0.242 e. The quantitative estimate of drug-likeness (QED) is 0.198. The first-order valence-electron chi connectivity index (χ1n) is 9.38. The van der Waals surface area contributed by atoms with E-state index in [1.54, 1.807) is 0 Å². The number of rotatable bonds is 9. The number of nitrogens with one attached hydrogen (secondary N) is 3. The zero-order valence-electron chi connectivity index (χ0n) is 16.4. The van der Waals surface area contributed by atoms with Gasteiger partial charge in [-0.1, -0.05) is 0 Å². The molecule has 0 radical (unpaired) electrons. The van der Waals surface area contributed by atoms with Crippen LogP contribution in [0.15, 0.2) is 21.9 Å². The molecule has 0 spiro atoms. The van der Waals surface area contributed by atoms with Crippen molar-refractivity contribution in [1.29, 1.82) is 0 Å². The van der Waals surface area contributed by atoms with Crippen LogP contribution in [-0.4, -0.2) is 73.8 Å². The van der Waals surface area contributed by atoms with Crippen LogP contribution in [0.25, 0.3) is 11.4 Å². The van der Waals surface area contributed by atoms with Gasteiger partial charge in [0.1, 0.15) is 9.79 Å². The van der Waals surface area contributed by atoms with Crippen LogP contribution >= 0.6 is 0 Å². The van der Waals surface area contributed by atoms with Crippen LogP contribution in [0.5, 0.6) is 0 Å². The van der Waals surface area contributed by atoms with Crippen LogP contribution in [0.3, 0.4) is 0 Å². The monoisotopic (exact) mass is 475 g/mol. The number of H-pyrrole nitrogens is 1. The molecule has 31 heavy (non-hydrogen) atoms. The molecule has 1 aromatic heterocycles. The third-order valence-corrected chi connectivity index (χ3v) is 7.54. The van der Waals surface area contributed by atoms with Gasteiger partial charge in [-0.3, -0.25) is 0 Å². The fraction of sp³-hybridized carbons (Fsp3) is 0.533. The van der Waals surface area contributed by atoms with Gasteiger partial charge in [0.2, 0.25) is 25.9 Å². The van der Waals surface area contributed by atoms with E-state index < -0.39 is 42.5 Å². The van der Waals surface area contributed by atoms with Crippen molar-refractivity contribution in [1.82, 2.24) is 25.3 Å². The summed E-state index contributed by atoms with van der Waals surface area (Å²) in [4.78, 5) is -1.33. The van der Waals surface area contributed by atoms with E-state index >= 15 is 0 Å². The largest absolute Gasteiger partial charge is 0.390 e. The normalized spacial score (nSPS) is 20.6. The molecular weight excluding hydrogens is 450 g/mol. The van der Waals surface area contributed by atoms with E-state index in [9.17, 15) is 21.9 Å². The van der Waals surface area contributed by atoms with Crippen LogP contribution in [0, 0.1) is 0 Å². The van der Waals surface area contributed by atoms with Gasteiger partial charge in [0.25, 0.3) is 0 Å². The molecule has 3 rings (SSSR count). The summed E-state index contributed by atoms with van der Waals surface area (Å²) >= 11 is 0. The fourth-order valence-corrected chi connectivity index (χ4v) is 6.07. The van der Waals surface area contributed by atoms with E-state index in [0.717, 1.165) is 25.3 Å². The Bertz CT molecular complexity index is 1120. The van der Waals surface area contributed by atoms with Gasteiger partial charge >= 0.3 is 0 Å². The van der Waals surface area contributed by atoms with Gasteiger partial charge in [0.05, 0.1) is 11.7 Å². The van der Waals surface area contributed by atoms with Crippen LogP contribution in [-0.2, 0) is 20.0 Å². The highest BCUT2D eigenvalue weighted by molar-refractivity contribution is 7.92.